The molecule has 0 unspecified atom stereocenters. The van der Waals surface area contributed by atoms with Gasteiger partial charge in [-0.1, -0.05) is 6.07 Å². The molecule has 0 aliphatic carbocycles. The molecule has 1 aromatic carbocycles. The highest BCUT2D eigenvalue weighted by atomic mass is 32.2. The van der Waals surface area contributed by atoms with Crippen LogP contribution in [0.3, 0.4) is 0 Å². The van der Waals surface area contributed by atoms with Crippen LogP contribution in [0.5, 0.6) is 5.75 Å². The Morgan fingerprint density at radius 1 is 1.16 bits per heavy atom. The van der Waals surface area contributed by atoms with Crippen molar-refractivity contribution < 1.29 is 13.2 Å². The molecule has 7 nitrogen and oxygen atoms in total. The van der Waals surface area contributed by atoms with E-state index in [1.54, 1.807) is 59.7 Å². The van der Waals surface area contributed by atoms with Gasteiger partial charge < -0.3 is 4.74 Å². The smallest absolute Gasteiger partial charge is 0.232 e. The maximum atomic E-state index is 12.4. The fourth-order valence-electron chi connectivity index (χ4n) is 2.48. The summed E-state index contributed by atoms with van der Waals surface area (Å²) >= 11 is 0. The summed E-state index contributed by atoms with van der Waals surface area (Å²) in [6, 6.07) is 12.5. The van der Waals surface area contributed by atoms with Crippen LogP contribution in [0.1, 0.15) is 5.69 Å². The molecule has 3 aromatic rings. The summed E-state index contributed by atoms with van der Waals surface area (Å²) in [4.78, 5) is 4.25. The van der Waals surface area contributed by atoms with Crippen LogP contribution < -0.4 is 9.04 Å². The van der Waals surface area contributed by atoms with Crippen LogP contribution in [-0.2, 0) is 16.6 Å². The van der Waals surface area contributed by atoms with E-state index in [1.165, 1.54) is 17.7 Å². The molecule has 0 fully saturated rings. The van der Waals surface area contributed by atoms with E-state index < -0.39 is 10.0 Å². The van der Waals surface area contributed by atoms with E-state index >= 15 is 0 Å². The number of anilines is 1. The molecule has 0 saturated heterocycles. The van der Waals surface area contributed by atoms with E-state index in [4.69, 9.17) is 4.74 Å². The Kier molecular flexibility index (Phi) is 4.71. The van der Waals surface area contributed by atoms with Crippen LogP contribution >= 0.6 is 0 Å². The highest BCUT2D eigenvalue weighted by Gasteiger charge is 2.21. The van der Waals surface area contributed by atoms with Gasteiger partial charge in [0.1, 0.15) is 11.4 Å². The largest absolute Gasteiger partial charge is 0.495 e. The molecule has 2 heterocycles. The van der Waals surface area contributed by atoms with Crippen LogP contribution in [0.25, 0.3) is 5.69 Å². The van der Waals surface area contributed by atoms with E-state index in [0.29, 0.717) is 17.1 Å². The second-order valence-electron chi connectivity index (χ2n) is 5.39. The Hall–Kier alpha value is -2.87. The van der Waals surface area contributed by atoms with Crippen molar-refractivity contribution >= 4 is 15.7 Å². The maximum Gasteiger partial charge on any atom is 0.232 e. The Labute approximate surface area is 146 Å². The molecular formula is C17H18N4O3S. The van der Waals surface area contributed by atoms with E-state index in [9.17, 15) is 8.42 Å². The standard InChI is InChI=1S/C17H18N4O3S/c1-24-17-8-4-9-18-16(17)13-21(25(2,22)23)15-7-3-6-14(12-15)20-11-5-10-19-20/h3-12H,13H2,1-2H3. The molecule has 0 N–H and O–H groups in total. The molecule has 0 aliphatic heterocycles. The van der Waals surface area contributed by atoms with E-state index in [0.717, 1.165) is 5.69 Å². The lowest BCUT2D eigenvalue weighted by Crippen LogP contribution is -2.30. The van der Waals surface area contributed by atoms with E-state index in [-0.39, 0.29) is 6.54 Å². The van der Waals surface area contributed by atoms with Gasteiger partial charge in [0, 0.05) is 18.6 Å². The van der Waals surface area contributed by atoms with E-state index in [1.807, 2.05) is 6.07 Å². The second kappa shape index (κ2) is 6.94. The molecule has 0 bridgehead atoms. The predicted octanol–water partition coefficient (Wildman–Crippen LogP) is 2.24. The quantitative estimate of drug-likeness (QED) is 0.675. The van der Waals surface area contributed by atoms with Crippen molar-refractivity contribution in [2.75, 3.05) is 17.7 Å². The van der Waals surface area contributed by atoms with E-state index in [2.05, 4.69) is 10.1 Å². The third kappa shape index (κ3) is 3.80. The molecule has 0 aliphatic rings. The van der Waals surface area contributed by atoms with Gasteiger partial charge in [0.2, 0.25) is 10.0 Å². The Morgan fingerprint density at radius 2 is 2.00 bits per heavy atom. The molecule has 8 heteroatoms. The lowest BCUT2D eigenvalue weighted by Gasteiger charge is -2.23. The summed E-state index contributed by atoms with van der Waals surface area (Å²) in [5.74, 6) is 0.541. The Morgan fingerprint density at radius 3 is 2.68 bits per heavy atom. The molecule has 0 spiro atoms. The molecule has 0 radical (unpaired) electrons. The predicted molar refractivity (Wildman–Crippen MR) is 95.4 cm³/mol. The first-order valence-corrected chi connectivity index (χ1v) is 9.39. The maximum absolute atomic E-state index is 12.4. The van der Waals surface area contributed by atoms with Crippen molar-refractivity contribution in [3.63, 3.8) is 0 Å². The average molecular weight is 358 g/mol. The van der Waals surface area contributed by atoms with Gasteiger partial charge in [-0.05, 0) is 36.4 Å². The van der Waals surface area contributed by atoms with Crippen LogP contribution in [0.2, 0.25) is 0 Å². The SMILES string of the molecule is COc1cccnc1CN(c1cccc(-n2cccn2)c1)S(C)(=O)=O. The fourth-order valence-corrected chi connectivity index (χ4v) is 3.33. The monoisotopic (exact) mass is 358 g/mol. The second-order valence-corrected chi connectivity index (χ2v) is 7.30. The minimum absolute atomic E-state index is 0.0748. The van der Waals surface area contributed by atoms with Crippen LogP contribution in [0.15, 0.2) is 61.1 Å². The van der Waals surface area contributed by atoms with Crippen molar-refractivity contribution in [1.82, 2.24) is 14.8 Å². The zero-order chi connectivity index (χ0) is 17.9. The van der Waals surface area contributed by atoms with Crippen molar-refractivity contribution in [2.24, 2.45) is 0 Å². The van der Waals surface area contributed by atoms with Crippen molar-refractivity contribution in [2.45, 2.75) is 6.54 Å². The van der Waals surface area contributed by atoms with Crippen LogP contribution in [0, 0.1) is 0 Å². The van der Waals surface area contributed by atoms with Gasteiger partial charge in [0.05, 0.1) is 31.3 Å². The Bertz CT molecular complexity index is 956. The van der Waals surface area contributed by atoms with Gasteiger partial charge in [-0.2, -0.15) is 5.10 Å². The van der Waals surface area contributed by atoms with Gasteiger partial charge >= 0.3 is 0 Å². The fraction of sp³-hybridized carbons (Fsp3) is 0.176. The third-order valence-corrected chi connectivity index (χ3v) is 4.79. The number of benzene rings is 1. The van der Waals surface area contributed by atoms with Crippen molar-refractivity contribution in [1.29, 1.82) is 0 Å². The van der Waals surface area contributed by atoms with Crippen LogP contribution in [0.4, 0.5) is 5.69 Å². The van der Waals surface area contributed by atoms with Gasteiger partial charge in [-0.3, -0.25) is 9.29 Å². The average Bonchev–Trinajstić information content (AvgIpc) is 3.14. The highest BCUT2D eigenvalue weighted by molar-refractivity contribution is 7.92. The Balaban J connectivity index is 2.01. The van der Waals surface area contributed by atoms with Gasteiger partial charge in [0.25, 0.3) is 0 Å². The minimum atomic E-state index is -3.52. The zero-order valence-electron chi connectivity index (χ0n) is 13.9. The van der Waals surface area contributed by atoms with Crippen LogP contribution in [-0.4, -0.2) is 36.5 Å². The molecule has 130 valence electrons. The molecule has 3 rings (SSSR count). The van der Waals surface area contributed by atoms with Gasteiger partial charge in [-0.25, -0.2) is 13.1 Å². The number of aromatic nitrogens is 3. The highest BCUT2D eigenvalue weighted by Crippen LogP contribution is 2.25. The first kappa shape index (κ1) is 17.0. The summed E-state index contributed by atoms with van der Waals surface area (Å²) in [7, 11) is -1.99. The first-order chi connectivity index (χ1) is 12.0. The molecule has 2 aromatic heterocycles. The molecule has 0 saturated carbocycles. The molecular weight excluding hydrogens is 340 g/mol. The zero-order valence-corrected chi connectivity index (χ0v) is 14.7. The van der Waals surface area contributed by atoms with Crippen molar-refractivity contribution in [3.8, 4) is 11.4 Å². The third-order valence-electron chi connectivity index (χ3n) is 3.65. The van der Waals surface area contributed by atoms with Gasteiger partial charge in [-0.15, -0.1) is 0 Å². The summed E-state index contributed by atoms with van der Waals surface area (Å²) in [6.07, 6.45) is 6.24. The molecule has 0 atom stereocenters. The summed E-state index contributed by atoms with van der Waals surface area (Å²) < 4.78 is 33.0. The van der Waals surface area contributed by atoms with Gasteiger partial charge in [0.15, 0.2) is 0 Å². The number of ether oxygens (including phenoxy) is 1. The minimum Gasteiger partial charge on any atom is -0.495 e. The lowest BCUT2D eigenvalue weighted by molar-refractivity contribution is 0.407. The number of pyridine rings is 1. The number of hydrogen-bond acceptors (Lipinski definition) is 5. The first-order valence-electron chi connectivity index (χ1n) is 7.55. The topological polar surface area (TPSA) is 77.3 Å². The summed E-state index contributed by atoms with van der Waals surface area (Å²) in [6.45, 7) is 0.0748. The lowest BCUT2D eigenvalue weighted by atomic mass is 10.2. The number of sulfonamides is 1. The summed E-state index contributed by atoms with van der Waals surface area (Å²) in [5.41, 5.74) is 1.84. The molecule has 25 heavy (non-hydrogen) atoms. The number of nitrogens with zero attached hydrogens (tertiary/aromatic N) is 4. The number of hydrogen-bond donors (Lipinski definition) is 0. The summed E-state index contributed by atoms with van der Waals surface area (Å²) in [5, 5.41) is 4.18. The van der Waals surface area contributed by atoms with Crippen molar-refractivity contribution in [3.05, 3.63) is 66.7 Å². The number of methoxy groups -OCH3 is 1. The molecule has 0 amide bonds. The number of rotatable bonds is 6. The normalized spacial score (nSPS) is 11.3.